The highest BCUT2D eigenvalue weighted by Crippen LogP contribution is 2.06. The van der Waals surface area contributed by atoms with Crippen molar-refractivity contribution in [1.82, 2.24) is 0 Å². The van der Waals surface area contributed by atoms with Gasteiger partial charge in [0.25, 0.3) is 0 Å². The van der Waals surface area contributed by atoms with Gasteiger partial charge in [-0.1, -0.05) is 18.7 Å². The van der Waals surface area contributed by atoms with Gasteiger partial charge in [-0.25, -0.2) is 4.58 Å². The van der Waals surface area contributed by atoms with Crippen LogP contribution in [0.2, 0.25) is 0 Å². The summed E-state index contributed by atoms with van der Waals surface area (Å²) in [5.41, 5.74) is 2.10. The average Bonchev–Trinajstić information content (AvgIpc) is 1.79. The van der Waals surface area contributed by atoms with Crippen LogP contribution in [-0.4, -0.2) is 37.2 Å². The molecule has 7 heteroatoms. The van der Waals surface area contributed by atoms with Gasteiger partial charge in [0, 0.05) is 5.75 Å². The molecule has 0 spiro atoms. The van der Waals surface area contributed by atoms with Gasteiger partial charge in [-0.3, -0.25) is 0 Å². The smallest absolute Gasteiger partial charge is 0.418 e. The van der Waals surface area contributed by atoms with Gasteiger partial charge in [0.2, 0.25) is 0 Å². The highest BCUT2D eigenvalue weighted by atomic mass is 32.2. The highest BCUT2D eigenvalue weighted by molar-refractivity contribution is 8.11. The zero-order valence-electron chi connectivity index (χ0n) is 7.23. The molecule has 0 heterocycles. The van der Waals surface area contributed by atoms with Crippen LogP contribution < -0.4 is 0 Å². The van der Waals surface area contributed by atoms with Crippen LogP contribution in [0.1, 0.15) is 6.92 Å². The summed E-state index contributed by atoms with van der Waals surface area (Å²) in [7, 11) is -1.94. The van der Waals surface area contributed by atoms with Gasteiger partial charge >= 0.3 is 7.25 Å². The summed E-state index contributed by atoms with van der Waals surface area (Å²) in [6.07, 6.45) is 0. The molecule has 0 aromatic heterocycles. The molecule has 0 aromatic carbocycles. The minimum absolute atomic E-state index is 1.16. The standard InChI is InChI=1S/C5H12NS.BF4/c1-4-7-5-6(2)3;2-1(3,4)5/h5H,4H2,1-3H3;/q+1;-1. The van der Waals surface area contributed by atoms with Gasteiger partial charge in [0.15, 0.2) is 5.55 Å². The lowest BCUT2D eigenvalue weighted by molar-refractivity contribution is -0.456. The minimum atomic E-state index is -6.00. The third-order valence-electron chi connectivity index (χ3n) is 0.452. The Hall–Kier alpha value is -0.195. The topological polar surface area (TPSA) is 3.01 Å². The molecule has 0 aliphatic rings. The Labute approximate surface area is 74.0 Å². The second kappa shape index (κ2) is 7.45. The van der Waals surface area contributed by atoms with E-state index < -0.39 is 7.25 Å². The van der Waals surface area contributed by atoms with Gasteiger partial charge < -0.3 is 17.3 Å². The Balaban J connectivity index is 0. The van der Waals surface area contributed by atoms with Crippen molar-refractivity contribution in [2.45, 2.75) is 6.92 Å². The molecule has 0 aromatic rings. The van der Waals surface area contributed by atoms with Crippen LogP contribution in [0.3, 0.4) is 0 Å². The first kappa shape index (κ1) is 14.3. The molecule has 0 unspecified atom stereocenters. The number of rotatable bonds is 2. The SMILES string of the molecule is CCSC=[N+](C)C.F[B-](F)(F)F. The largest absolute Gasteiger partial charge is 0.673 e. The van der Waals surface area contributed by atoms with E-state index in [2.05, 4.69) is 12.5 Å². The Kier molecular flexibility index (Phi) is 8.90. The quantitative estimate of drug-likeness (QED) is 0.220. The highest BCUT2D eigenvalue weighted by Gasteiger charge is 2.20. The lowest BCUT2D eigenvalue weighted by atomic mass is 10.3. The molecule has 12 heavy (non-hydrogen) atoms. The molecule has 0 atom stereocenters. The second-order valence-electron chi connectivity index (χ2n) is 2.02. The Morgan fingerprint density at radius 3 is 1.67 bits per heavy atom. The summed E-state index contributed by atoms with van der Waals surface area (Å²) in [5, 5.41) is 0. The molecule has 0 rings (SSSR count). The van der Waals surface area contributed by atoms with Crippen molar-refractivity contribution in [3.63, 3.8) is 0 Å². The minimum Gasteiger partial charge on any atom is -0.418 e. The molecule has 0 saturated heterocycles. The maximum atomic E-state index is 9.75. The van der Waals surface area contributed by atoms with E-state index in [4.69, 9.17) is 0 Å². The predicted molar refractivity (Wildman–Crippen MR) is 46.5 cm³/mol. The molecule has 74 valence electrons. The van der Waals surface area contributed by atoms with E-state index in [1.807, 2.05) is 30.4 Å². The van der Waals surface area contributed by atoms with Gasteiger partial charge in [-0.2, -0.15) is 0 Å². The first-order valence-electron chi connectivity index (χ1n) is 3.26. The molecule has 0 amide bonds. The Morgan fingerprint density at radius 1 is 1.25 bits per heavy atom. The molecule has 0 fully saturated rings. The van der Waals surface area contributed by atoms with E-state index >= 15 is 0 Å². The molecule has 0 aliphatic carbocycles. The van der Waals surface area contributed by atoms with Crippen LogP contribution in [0.15, 0.2) is 0 Å². The van der Waals surface area contributed by atoms with E-state index in [1.165, 1.54) is 0 Å². The average molecular weight is 205 g/mol. The van der Waals surface area contributed by atoms with E-state index in [1.54, 1.807) is 0 Å². The van der Waals surface area contributed by atoms with Crippen molar-refractivity contribution in [3.8, 4) is 0 Å². The second-order valence-corrected chi connectivity index (χ2v) is 3.14. The monoisotopic (exact) mass is 205 g/mol. The zero-order valence-corrected chi connectivity index (χ0v) is 8.05. The molecule has 0 saturated carbocycles. The van der Waals surface area contributed by atoms with E-state index in [9.17, 15) is 17.3 Å². The normalized spacial score (nSPS) is 9.92. The van der Waals surface area contributed by atoms with Gasteiger partial charge in [-0.05, 0) is 0 Å². The van der Waals surface area contributed by atoms with Crippen molar-refractivity contribution >= 4 is 24.6 Å². The third-order valence-corrected chi connectivity index (χ3v) is 1.36. The number of thioether (sulfide) groups is 1. The summed E-state index contributed by atoms with van der Waals surface area (Å²) in [6.45, 7) is 2.14. The van der Waals surface area contributed by atoms with E-state index in [-0.39, 0.29) is 0 Å². The van der Waals surface area contributed by atoms with Crippen LogP contribution >= 0.6 is 11.8 Å². The first-order chi connectivity index (χ1) is 5.27. The molecule has 0 aliphatic heterocycles. The van der Waals surface area contributed by atoms with Crippen LogP contribution in [0, 0.1) is 0 Å². The van der Waals surface area contributed by atoms with Crippen molar-refractivity contribution in [2.75, 3.05) is 19.8 Å². The van der Waals surface area contributed by atoms with Crippen molar-refractivity contribution in [3.05, 3.63) is 0 Å². The van der Waals surface area contributed by atoms with Crippen molar-refractivity contribution < 1.29 is 21.8 Å². The van der Waals surface area contributed by atoms with Crippen molar-refractivity contribution in [2.24, 2.45) is 0 Å². The van der Waals surface area contributed by atoms with Crippen LogP contribution in [0.4, 0.5) is 17.3 Å². The summed E-state index contributed by atoms with van der Waals surface area (Å²) in [4.78, 5) is 0. The fourth-order valence-corrected chi connectivity index (χ4v) is 0.671. The van der Waals surface area contributed by atoms with Crippen LogP contribution in [0.5, 0.6) is 0 Å². The summed E-state index contributed by atoms with van der Waals surface area (Å²) in [6, 6.07) is 0. The fraction of sp³-hybridized carbons (Fsp3) is 0.800. The van der Waals surface area contributed by atoms with Gasteiger partial charge in [0.05, 0.1) is 0 Å². The number of nitrogens with zero attached hydrogens (tertiary/aromatic N) is 1. The summed E-state index contributed by atoms with van der Waals surface area (Å²) < 4.78 is 41.0. The number of halogens is 4. The Bertz CT molecular complexity index is 126. The first-order valence-corrected chi connectivity index (χ1v) is 4.31. The molecule has 0 N–H and O–H groups in total. The van der Waals surface area contributed by atoms with Crippen molar-refractivity contribution in [1.29, 1.82) is 0 Å². The number of hydrogen-bond acceptors (Lipinski definition) is 1. The maximum absolute atomic E-state index is 9.75. The summed E-state index contributed by atoms with van der Waals surface area (Å²) in [5.74, 6) is 1.16. The lowest BCUT2D eigenvalue weighted by Crippen LogP contribution is -2.02. The van der Waals surface area contributed by atoms with Gasteiger partial charge in [0.1, 0.15) is 14.1 Å². The Morgan fingerprint density at radius 2 is 1.58 bits per heavy atom. The molecule has 0 radical (unpaired) electrons. The fourth-order valence-electron chi connectivity index (χ4n) is 0.224. The predicted octanol–water partition coefficient (Wildman–Crippen LogP) is 2.34. The molecular formula is C5H12BF4NS. The van der Waals surface area contributed by atoms with E-state index in [0.29, 0.717) is 0 Å². The van der Waals surface area contributed by atoms with E-state index in [0.717, 1.165) is 5.75 Å². The van der Waals surface area contributed by atoms with Gasteiger partial charge in [-0.15, -0.1) is 0 Å². The van der Waals surface area contributed by atoms with Crippen LogP contribution in [-0.2, 0) is 0 Å². The molecule has 1 nitrogen and oxygen atoms in total. The molecular weight excluding hydrogens is 193 g/mol. The third kappa shape index (κ3) is 52.5. The van der Waals surface area contributed by atoms with Crippen LogP contribution in [0.25, 0.3) is 0 Å². The maximum Gasteiger partial charge on any atom is 0.673 e. The lowest BCUT2D eigenvalue weighted by Gasteiger charge is -1.94. The summed E-state index contributed by atoms with van der Waals surface area (Å²) >= 11 is 1.82. The zero-order chi connectivity index (χ0) is 10.2. The number of hydrogen-bond donors (Lipinski definition) is 0. The molecule has 0 bridgehead atoms.